The Balaban J connectivity index is 0. The van der Waals surface area contributed by atoms with E-state index < -0.39 is 5.97 Å². The first kappa shape index (κ1) is 22.1. The molecule has 0 aromatic carbocycles. The molecule has 0 fully saturated rings. The van der Waals surface area contributed by atoms with Crippen molar-refractivity contribution in [1.82, 2.24) is 0 Å². The molecule has 2 nitrogen and oxygen atoms in total. The molecule has 19 heavy (non-hydrogen) atoms. The first-order chi connectivity index (χ1) is 8.77. The summed E-state index contributed by atoms with van der Waals surface area (Å²) in [6.45, 7) is 2.24. The van der Waals surface area contributed by atoms with Crippen LogP contribution in [0.5, 0.6) is 0 Å². The van der Waals surface area contributed by atoms with Crippen LogP contribution in [0.15, 0.2) is 12.2 Å². The SMILES string of the molecule is CCCCCC/C=C\CCCCCCCC(=O)O.[Ba]. The Bertz CT molecular complexity index is 215. The van der Waals surface area contributed by atoms with Crippen molar-refractivity contribution in [2.75, 3.05) is 0 Å². The molecule has 0 rings (SSSR count). The van der Waals surface area contributed by atoms with Crippen LogP contribution in [0.4, 0.5) is 0 Å². The Hall–Kier alpha value is 0.781. The summed E-state index contributed by atoms with van der Waals surface area (Å²) in [6.07, 6.45) is 18.3. The summed E-state index contributed by atoms with van der Waals surface area (Å²) in [7, 11) is 0. The Morgan fingerprint density at radius 3 is 1.84 bits per heavy atom. The Morgan fingerprint density at radius 1 is 0.842 bits per heavy atom. The summed E-state index contributed by atoms with van der Waals surface area (Å²) >= 11 is 0. The van der Waals surface area contributed by atoms with Crippen LogP contribution < -0.4 is 0 Å². The number of carboxylic acid groups (broad SMARTS) is 1. The zero-order valence-corrected chi connectivity index (χ0v) is 17.1. The molecule has 0 aliphatic carbocycles. The molecule has 0 unspecified atom stereocenters. The Labute approximate surface area is 159 Å². The molecule has 0 aliphatic rings. The minimum absolute atomic E-state index is 0. The molecule has 0 bridgehead atoms. The maximum Gasteiger partial charge on any atom is 0.303 e. The van der Waals surface area contributed by atoms with Crippen LogP contribution in [0.3, 0.4) is 0 Å². The van der Waals surface area contributed by atoms with Crippen molar-refractivity contribution < 1.29 is 9.90 Å². The Kier molecular flexibility index (Phi) is 21.8. The molecule has 3 heteroatoms. The van der Waals surface area contributed by atoms with Gasteiger partial charge < -0.3 is 5.11 Å². The van der Waals surface area contributed by atoms with Gasteiger partial charge in [0.25, 0.3) is 0 Å². The largest absolute Gasteiger partial charge is 0.481 e. The van der Waals surface area contributed by atoms with Crippen molar-refractivity contribution in [2.24, 2.45) is 0 Å². The van der Waals surface area contributed by atoms with E-state index in [0.29, 0.717) is 6.42 Å². The number of allylic oxidation sites excluding steroid dienone is 2. The van der Waals surface area contributed by atoms with E-state index in [9.17, 15) is 4.79 Å². The van der Waals surface area contributed by atoms with Crippen molar-refractivity contribution in [1.29, 1.82) is 0 Å². The number of hydrogen-bond donors (Lipinski definition) is 1. The molecule has 0 amide bonds. The first-order valence-electron chi connectivity index (χ1n) is 7.64. The van der Waals surface area contributed by atoms with Gasteiger partial charge in [-0.05, 0) is 32.1 Å². The molecular formula is C16H30BaO2. The van der Waals surface area contributed by atoms with E-state index in [1.807, 2.05) is 0 Å². The van der Waals surface area contributed by atoms with Gasteiger partial charge in [-0.2, -0.15) is 0 Å². The summed E-state index contributed by atoms with van der Waals surface area (Å²) in [5, 5.41) is 8.48. The predicted molar refractivity (Wildman–Crippen MR) is 83.6 cm³/mol. The zero-order chi connectivity index (χ0) is 13.5. The van der Waals surface area contributed by atoms with Crippen LogP contribution in [0, 0.1) is 0 Å². The summed E-state index contributed by atoms with van der Waals surface area (Å²) in [5.74, 6) is -0.666. The third-order valence-corrected chi connectivity index (χ3v) is 3.15. The molecule has 0 heterocycles. The number of hydrogen-bond acceptors (Lipinski definition) is 1. The molecule has 108 valence electrons. The zero-order valence-electron chi connectivity index (χ0n) is 12.7. The summed E-state index contributed by atoms with van der Waals surface area (Å²) in [5.41, 5.74) is 0. The van der Waals surface area contributed by atoms with E-state index in [0.717, 1.165) is 12.8 Å². The average Bonchev–Trinajstić information content (AvgIpc) is 2.34. The van der Waals surface area contributed by atoms with E-state index in [-0.39, 0.29) is 48.9 Å². The fourth-order valence-corrected chi connectivity index (χ4v) is 1.99. The molecule has 0 aromatic rings. The van der Waals surface area contributed by atoms with Crippen LogP contribution in [0.25, 0.3) is 0 Å². The summed E-state index contributed by atoms with van der Waals surface area (Å²) in [6, 6.07) is 0. The molecule has 2 radical (unpaired) electrons. The second-order valence-corrected chi connectivity index (χ2v) is 5.02. The quantitative estimate of drug-likeness (QED) is 0.274. The molecule has 0 saturated heterocycles. The normalized spacial score (nSPS) is 10.6. The smallest absolute Gasteiger partial charge is 0.303 e. The fourth-order valence-electron chi connectivity index (χ4n) is 1.99. The van der Waals surface area contributed by atoms with Gasteiger partial charge in [0.05, 0.1) is 0 Å². The van der Waals surface area contributed by atoms with Gasteiger partial charge in [0, 0.05) is 55.3 Å². The third kappa shape index (κ3) is 21.2. The van der Waals surface area contributed by atoms with Crippen LogP contribution in [0.1, 0.15) is 84.0 Å². The van der Waals surface area contributed by atoms with Crippen molar-refractivity contribution >= 4 is 54.9 Å². The van der Waals surface area contributed by atoms with Crippen molar-refractivity contribution in [3.8, 4) is 0 Å². The van der Waals surface area contributed by atoms with Gasteiger partial charge in [-0.3, -0.25) is 4.79 Å². The van der Waals surface area contributed by atoms with Gasteiger partial charge in [-0.25, -0.2) is 0 Å². The third-order valence-electron chi connectivity index (χ3n) is 3.15. The second kappa shape index (κ2) is 18.8. The van der Waals surface area contributed by atoms with Crippen molar-refractivity contribution in [3.63, 3.8) is 0 Å². The predicted octanol–water partition coefficient (Wildman–Crippen LogP) is 4.95. The summed E-state index contributed by atoms with van der Waals surface area (Å²) in [4.78, 5) is 10.3. The van der Waals surface area contributed by atoms with E-state index in [1.165, 1.54) is 57.8 Å². The van der Waals surface area contributed by atoms with Gasteiger partial charge in [0.1, 0.15) is 0 Å². The average molecular weight is 392 g/mol. The van der Waals surface area contributed by atoms with Crippen molar-refractivity contribution in [3.05, 3.63) is 12.2 Å². The molecule has 1 N–H and O–H groups in total. The van der Waals surface area contributed by atoms with E-state index in [2.05, 4.69) is 19.1 Å². The molecule has 0 atom stereocenters. The van der Waals surface area contributed by atoms with E-state index >= 15 is 0 Å². The maximum absolute atomic E-state index is 10.3. The molecule has 0 spiro atoms. The Morgan fingerprint density at radius 2 is 1.32 bits per heavy atom. The molecule has 0 saturated carbocycles. The topological polar surface area (TPSA) is 37.3 Å². The second-order valence-electron chi connectivity index (χ2n) is 5.02. The van der Waals surface area contributed by atoms with E-state index in [4.69, 9.17) is 5.11 Å². The molecule has 0 aliphatic heterocycles. The number of rotatable bonds is 13. The van der Waals surface area contributed by atoms with Crippen LogP contribution in [0.2, 0.25) is 0 Å². The number of carboxylic acids is 1. The van der Waals surface area contributed by atoms with Gasteiger partial charge in [-0.1, -0.05) is 57.6 Å². The minimum Gasteiger partial charge on any atom is -0.481 e. The summed E-state index contributed by atoms with van der Waals surface area (Å²) < 4.78 is 0. The molecule has 0 aromatic heterocycles. The van der Waals surface area contributed by atoms with Crippen LogP contribution in [-0.4, -0.2) is 60.0 Å². The monoisotopic (exact) mass is 392 g/mol. The number of unbranched alkanes of at least 4 members (excludes halogenated alkanes) is 9. The number of aliphatic carboxylic acids is 1. The first-order valence-corrected chi connectivity index (χ1v) is 7.64. The fraction of sp³-hybridized carbons (Fsp3) is 0.812. The maximum atomic E-state index is 10.3. The van der Waals surface area contributed by atoms with Gasteiger partial charge in [0.15, 0.2) is 0 Å². The minimum atomic E-state index is -0.666. The van der Waals surface area contributed by atoms with Gasteiger partial charge in [0.2, 0.25) is 0 Å². The van der Waals surface area contributed by atoms with Gasteiger partial charge in [-0.15, -0.1) is 0 Å². The van der Waals surface area contributed by atoms with Gasteiger partial charge >= 0.3 is 5.97 Å². The van der Waals surface area contributed by atoms with Crippen LogP contribution >= 0.6 is 0 Å². The van der Waals surface area contributed by atoms with Crippen LogP contribution in [-0.2, 0) is 4.79 Å². The number of carbonyl (C=O) groups is 1. The van der Waals surface area contributed by atoms with E-state index in [1.54, 1.807) is 0 Å². The molecular weight excluding hydrogens is 362 g/mol. The van der Waals surface area contributed by atoms with Crippen molar-refractivity contribution in [2.45, 2.75) is 84.0 Å². The standard InChI is InChI=1S/C16H30O2.Ba/c1-2-3-4-5-6-7-8-9-10-11-12-13-14-15-16(17)18;/h7-8H,2-6,9-15H2,1H3,(H,17,18);/b8-7-;.